The van der Waals surface area contributed by atoms with Gasteiger partial charge in [-0.1, -0.05) is 0 Å². The number of nitrogens with zero attached hydrogens (tertiary/aromatic N) is 3. The number of piperidine rings is 1. The number of aromatic nitrogens is 1. The van der Waals surface area contributed by atoms with Crippen LogP contribution in [0, 0.1) is 6.92 Å². The summed E-state index contributed by atoms with van der Waals surface area (Å²) in [5.74, 6) is -6.21. The van der Waals surface area contributed by atoms with Gasteiger partial charge in [0.25, 0.3) is 0 Å². The van der Waals surface area contributed by atoms with E-state index in [1.165, 1.54) is 5.56 Å². The maximum atomic E-state index is 10.6. The van der Waals surface area contributed by atoms with Crippen LogP contribution >= 0.6 is 0 Å². The largest absolute Gasteiger partial charge is 0.490 e. The van der Waals surface area contributed by atoms with E-state index in [4.69, 9.17) is 38.9 Å². The molecule has 266 valence electrons. The lowest BCUT2D eigenvalue weighted by atomic mass is 9.87. The van der Waals surface area contributed by atoms with Gasteiger partial charge in [0.2, 0.25) is 0 Å². The topological polar surface area (TPSA) is 154 Å². The summed E-state index contributed by atoms with van der Waals surface area (Å²) in [7, 11) is 2.21. The van der Waals surface area contributed by atoms with Gasteiger partial charge in [-0.2, -0.15) is 39.5 Å². The third-order valence-corrected chi connectivity index (χ3v) is 6.66. The Morgan fingerprint density at radius 2 is 1.32 bits per heavy atom. The van der Waals surface area contributed by atoms with Crippen molar-refractivity contribution in [3.63, 3.8) is 0 Å². The van der Waals surface area contributed by atoms with Crippen LogP contribution in [-0.4, -0.2) is 105 Å². The normalized spacial score (nSPS) is 17.8. The van der Waals surface area contributed by atoms with Gasteiger partial charge in [0.1, 0.15) is 11.5 Å². The van der Waals surface area contributed by atoms with Gasteiger partial charge in [-0.05, 0) is 63.1 Å². The second kappa shape index (κ2) is 17.3. The number of alkyl halides is 9. The number of aliphatic carboxylic acids is 3. The third kappa shape index (κ3) is 15.5. The van der Waals surface area contributed by atoms with Gasteiger partial charge in [-0.3, -0.25) is 14.8 Å². The Kier molecular flexibility index (Phi) is 15.1. The Labute approximate surface area is 261 Å². The van der Waals surface area contributed by atoms with Crippen LogP contribution in [0.4, 0.5) is 39.5 Å². The summed E-state index contributed by atoms with van der Waals surface area (Å²) in [6.45, 7) is 6.88. The van der Waals surface area contributed by atoms with Crippen molar-refractivity contribution < 1.29 is 78.4 Å². The lowest BCUT2D eigenvalue weighted by Gasteiger charge is -2.38. The molecule has 0 radical (unpaired) electrons. The molecule has 4 heterocycles. The van der Waals surface area contributed by atoms with Crippen LogP contribution in [0.5, 0.6) is 0 Å². The van der Waals surface area contributed by atoms with Crippen LogP contribution in [-0.2, 0) is 32.2 Å². The van der Waals surface area contributed by atoms with E-state index in [0.717, 1.165) is 63.6 Å². The first-order valence-corrected chi connectivity index (χ1v) is 13.4. The summed E-state index contributed by atoms with van der Waals surface area (Å²) in [6, 6.07) is 8.83. The number of likely N-dealkylation sites (N-methyl/N-ethyl adjacent to an activating group) is 1. The number of furan rings is 1. The second-order valence-corrected chi connectivity index (χ2v) is 10.3. The molecule has 2 aliphatic heterocycles. The fourth-order valence-electron chi connectivity index (χ4n) is 4.27. The molecule has 0 aromatic carbocycles. The predicted octanol–water partition coefficient (Wildman–Crippen LogP) is 5.14. The Bertz CT molecular complexity index is 1220. The zero-order valence-electron chi connectivity index (χ0n) is 24.8. The van der Waals surface area contributed by atoms with E-state index < -0.39 is 36.4 Å². The van der Waals surface area contributed by atoms with Crippen LogP contribution in [0.25, 0.3) is 0 Å². The standard InChI is InChI=1S/C21H29N3O2.3C2HF3O2/c1-17-3-4-20(26-17)15-24-11-7-21(8-12-24)13-19(16-25-21)23(2)14-18-5-9-22-10-6-18;3*3-2(4,5)1(6)7/h3-6,9-10,19H,7-8,11-16H2,1-2H3;3*(H,6,7). The number of carboxylic acid groups (broad SMARTS) is 3. The molecule has 0 amide bonds. The van der Waals surface area contributed by atoms with Gasteiger partial charge >= 0.3 is 36.4 Å². The molecule has 2 aromatic rings. The molecule has 0 bridgehead atoms. The van der Waals surface area contributed by atoms with E-state index in [1.54, 1.807) is 0 Å². The van der Waals surface area contributed by atoms with E-state index in [9.17, 15) is 39.5 Å². The van der Waals surface area contributed by atoms with Crippen LogP contribution < -0.4 is 0 Å². The monoisotopic (exact) mass is 697 g/mol. The molecule has 47 heavy (non-hydrogen) atoms. The van der Waals surface area contributed by atoms with Gasteiger partial charge in [0, 0.05) is 38.1 Å². The fraction of sp³-hybridized carbons (Fsp3) is 0.556. The quantitative estimate of drug-likeness (QED) is 0.356. The summed E-state index contributed by atoms with van der Waals surface area (Å²) in [5, 5.41) is 21.4. The molecule has 11 nitrogen and oxygen atoms in total. The molecular weight excluding hydrogens is 665 g/mol. The summed E-state index contributed by atoms with van der Waals surface area (Å²) >= 11 is 0. The fourth-order valence-corrected chi connectivity index (χ4v) is 4.27. The average Bonchev–Trinajstić information content (AvgIpc) is 3.56. The number of carboxylic acids is 3. The molecule has 0 saturated carbocycles. The highest BCUT2D eigenvalue weighted by atomic mass is 19.4. The lowest BCUT2D eigenvalue weighted by Crippen LogP contribution is -2.44. The minimum absolute atomic E-state index is 0.0761. The summed E-state index contributed by atoms with van der Waals surface area (Å²) < 4.78 is 107. The number of aryl methyl sites for hydroxylation is 1. The van der Waals surface area contributed by atoms with E-state index in [1.807, 2.05) is 25.4 Å². The summed E-state index contributed by atoms with van der Waals surface area (Å²) in [4.78, 5) is 35.7. The molecule has 2 aliphatic rings. The van der Waals surface area contributed by atoms with Crippen molar-refractivity contribution in [2.75, 3.05) is 26.7 Å². The first kappa shape index (κ1) is 41.1. The van der Waals surface area contributed by atoms with Crippen molar-refractivity contribution in [3.8, 4) is 0 Å². The number of halogens is 9. The van der Waals surface area contributed by atoms with E-state index in [-0.39, 0.29) is 5.60 Å². The number of likely N-dealkylation sites (tertiary alicyclic amines) is 1. The molecule has 3 N–H and O–H groups in total. The van der Waals surface area contributed by atoms with Gasteiger partial charge < -0.3 is 24.5 Å². The molecule has 2 fully saturated rings. The van der Waals surface area contributed by atoms with E-state index in [2.05, 4.69) is 40.0 Å². The zero-order chi connectivity index (χ0) is 36.2. The maximum Gasteiger partial charge on any atom is 0.490 e. The molecule has 4 rings (SSSR count). The summed E-state index contributed by atoms with van der Waals surface area (Å²) in [6.07, 6.45) is -8.14. The van der Waals surface area contributed by atoms with Crippen molar-refractivity contribution in [3.05, 3.63) is 53.7 Å². The minimum Gasteiger partial charge on any atom is -0.475 e. The molecule has 1 unspecified atom stereocenters. The highest BCUT2D eigenvalue weighted by molar-refractivity contribution is 5.73. The smallest absolute Gasteiger partial charge is 0.475 e. The molecule has 2 saturated heterocycles. The van der Waals surface area contributed by atoms with E-state index >= 15 is 0 Å². The van der Waals surface area contributed by atoms with E-state index in [0.29, 0.717) is 6.04 Å². The number of hydrogen-bond acceptors (Lipinski definition) is 8. The highest BCUT2D eigenvalue weighted by Crippen LogP contribution is 2.38. The zero-order valence-corrected chi connectivity index (χ0v) is 24.8. The number of ether oxygens (including phenoxy) is 1. The number of rotatable bonds is 5. The third-order valence-electron chi connectivity index (χ3n) is 6.66. The van der Waals surface area contributed by atoms with Gasteiger partial charge in [0.05, 0.1) is 18.8 Å². The Morgan fingerprint density at radius 3 is 1.70 bits per heavy atom. The molecule has 2 aromatic heterocycles. The number of pyridine rings is 1. The van der Waals surface area contributed by atoms with Crippen LogP contribution in [0.3, 0.4) is 0 Å². The Morgan fingerprint density at radius 1 is 0.872 bits per heavy atom. The summed E-state index contributed by atoms with van der Waals surface area (Å²) in [5.41, 5.74) is 1.39. The van der Waals surface area contributed by atoms with Crippen molar-refractivity contribution in [1.29, 1.82) is 0 Å². The molecule has 0 aliphatic carbocycles. The average molecular weight is 698 g/mol. The second-order valence-electron chi connectivity index (χ2n) is 10.3. The lowest BCUT2D eigenvalue weighted by molar-refractivity contribution is -0.193. The first-order chi connectivity index (χ1) is 21.4. The van der Waals surface area contributed by atoms with Gasteiger partial charge in [0.15, 0.2) is 0 Å². The SMILES string of the molecule is Cc1ccc(CN2CCC3(CC2)CC(N(C)Cc2ccncc2)CO3)o1.O=C(O)C(F)(F)F.O=C(O)C(F)(F)F.O=C(O)C(F)(F)F. The molecule has 1 spiro atoms. The molecular formula is C27H32F9N3O8. The van der Waals surface area contributed by atoms with Gasteiger partial charge in [-0.25, -0.2) is 14.4 Å². The minimum atomic E-state index is -5.08. The number of hydrogen-bond donors (Lipinski definition) is 3. The van der Waals surface area contributed by atoms with Crippen molar-refractivity contribution in [1.82, 2.24) is 14.8 Å². The molecule has 20 heteroatoms. The highest BCUT2D eigenvalue weighted by Gasteiger charge is 2.44. The molecule has 1 atom stereocenters. The maximum absolute atomic E-state index is 10.6. The first-order valence-electron chi connectivity index (χ1n) is 13.4. The number of carbonyl (C=O) groups is 3. The van der Waals surface area contributed by atoms with Crippen molar-refractivity contribution in [2.24, 2.45) is 0 Å². The van der Waals surface area contributed by atoms with Gasteiger partial charge in [-0.15, -0.1) is 0 Å². The van der Waals surface area contributed by atoms with Crippen molar-refractivity contribution in [2.45, 2.75) is 69.4 Å². The van der Waals surface area contributed by atoms with Crippen molar-refractivity contribution >= 4 is 17.9 Å². The van der Waals surface area contributed by atoms with Crippen LogP contribution in [0.2, 0.25) is 0 Å². The Balaban J connectivity index is 0.000000430. The van der Waals surface area contributed by atoms with Crippen LogP contribution in [0.1, 0.15) is 36.3 Å². The Hall–Kier alpha value is -3.91. The predicted molar refractivity (Wildman–Crippen MR) is 142 cm³/mol. The van der Waals surface area contributed by atoms with Crippen LogP contribution in [0.15, 0.2) is 41.1 Å².